The third-order valence-electron chi connectivity index (χ3n) is 4.36. The molecule has 7 nitrogen and oxygen atoms in total. The number of alkyl halides is 3. The van der Waals surface area contributed by atoms with Gasteiger partial charge in [0.25, 0.3) is 0 Å². The molecule has 0 radical (unpaired) electrons. The number of hydrogen-bond acceptors (Lipinski definition) is 5. The summed E-state index contributed by atoms with van der Waals surface area (Å²) in [4.78, 5) is -0.213. The predicted molar refractivity (Wildman–Crippen MR) is 103 cm³/mol. The molecule has 30 heavy (non-hydrogen) atoms. The van der Waals surface area contributed by atoms with Gasteiger partial charge in [-0.25, -0.2) is 18.2 Å². The molecule has 1 aromatic heterocycles. The molecule has 0 atom stereocenters. The predicted octanol–water partition coefficient (Wildman–Crippen LogP) is 2.75. The smallest absolute Gasteiger partial charge is 0.435 e. The van der Waals surface area contributed by atoms with E-state index in [4.69, 9.17) is 9.88 Å². The Morgan fingerprint density at radius 3 is 2.33 bits per heavy atom. The third-order valence-corrected chi connectivity index (χ3v) is 5.37. The molecule has 0 unspecified atom stereocenters. The molecule has 2 aromatic carbocycles. The molecule has 0 saturated heterocycles. The van der Waals surface area contributed by atoms with Gasteiger partial charge in [0.2, 0.25) is 10.0 Å². The van der Waals surface area contributed by atoms with Gasteiger partial charge in [-0.15, -0.1) is 0 Å². The van der Waals surface area contributed by atoms with E-state index in [2.05, 4.69) is 5.10 Å². The number of halogens is 3. The van der Waals surface area contributed by atoms with Crippen LogP contribution in [0.15, 0.2) is 53.4 Å². The first-order valence-electron chi connectivity index (χ1n) is 8.63. The van der Waals surface area contributed by atoms with E-state index in [-0.39, 0.29) is 34.9 Å². The van der Waals surface area contributed by atoms with E-state index in [0.29, 0.717) is 11.3 Å². The second kappa shape index (κ2) is 8.09. The molecule has 0 aliphatic carbocycles. The molecular formula is C19H18F3N3O4S. The third kappa shape index (κ3) is 4.48. The highest BCUT2D eigenvalue weighted by molar-refractivity contribution is 7.89. The average molecular weight is 441 g/mol. The zero-order valence-electron chi connectivity index (χ0n) is 15.7. The van der Waals surface area contributed by atoms with Gasteiger partial charge in [-0.3, -0.25) is 0 Å². The molecule has 3 aromatic rings. The maximum Gasteiger partial charge on any atom is 0.435 e. The summed E-state index contributed by atoms with van der Waals surface area (Å²) in [5, 5.41) is 18.1. The number of ether oxygens (including phenoxy) is 1. The minimum Gasteiger partial charge on any atom is -0.497 e. The lowest BCUT2D eigenvalue weighted by molar-refractivity contribution is -0.141. The van der Waals surface area contributed by atoms with Crippen molar-refractivity contribution in [1.29, 1.82) is 0 Å². The maximum atomic E-state index is 13.3. The van der Waals surface area contributed by atoms with Crippen molar-refractivity contribution in [2.24, 2.45) is 5.14 Å². The SMILES string of the molecule is COc1ccc(-c2cc(C(F)(F)F)nn2-c2ccc(S(N)(=O)=O)c(CCO)c2)cc1. The number of sulfonamides is 1. The van der Waals surface area contributed by atoms with Crippen molar-refractivity contribution < 1.29 is 31.4 Å². The van der Waals surface area contributed by atoms with Crippen molar-refractivity contribution in [3.63, 3.8) is 0 Å². The van der Waals surface area contributed by atoms with Crippen LogP contribution in [0.4, 0.5) is 13.2 Å². The molecule has 0 fully saturated rings. The number of aliphatic hydroxyl groups is 1. The first-order valence-corrected chi connectivity index (χ1v) is 10.2. The zero-order valence-corrected chi connectivity index (χ0v) is 16.5. The van der Waals surface area contributed by atoms with E-state index in [1.807, 2.05) is 0 Å². The molecule has 1 heterocycles. The second-order valence-electron chi connectivity index (χ2n) is 6.36. The van der Waals surface area contributed by atoms with Crippen molar-refractivity contribution in [1.82, 2.24) is 9.78 Å². The van der Waals surface area contributed by atoms with Crippen molar-refractivity contribution in [3.05, 3.63) is 59.8 Å². The number of methoxy groups -OCH3 is 1. The van der Waals surface area contributed by atoms with Crippen LogP contribution in [0.5, 0.6) is 5.75 Å². The number of aliphatic hydroxyl groups excluding tert-OH is 1. The number of benzene rings is 2. The van der Waals surface area contributed by atoms with Crippen LogP contribution >= 0.6 is 0 Å². The monoisotopic (exact) mass is 441 g/mol. The van der Waals surface area contributed by atoms with Gasteiger partial charge in [-0.05, 0) is 60.5 Å². The molecule has 160 valence electrons. The van der Waals surface area contributed by atoms with E-state index in [9.17, 15) is 26.7 Å². The number of rotatable bonds is 6. The Morgan fingerprint density at radius 2 is 1.80 bits per heavy atom. The van der Waals surface area contributed by atoms with Gasteiger partial charge in [0, 0.05) is 12.2 Å². The molecule has 0 amide bonds. The van der Waals surface area contributed by atoms with E-state index in [1.54, 1.807) is 24.3 Å². The molecule has 3 N–H and O–H groups in total. The van der Waals surface area contributed by atoms with Gasteiger partial charge in [0.1, 0.15) is 5.75 Å². The number of aromatic nitrogens is 2. The Hall–Kier alpha value is -2.89. The van der Waals surface area contributed by atoms with Gasteiger partial charge in [0.05, 0.1) is 23.4 Å². The number of nitrogens with two attached hydrogens (primary N) is 1. The van der Waals surface area contributed by atoms with Crippen molar-refractivity contribution in [2.75, 3.05) is 13.7 Å². The van der Waals surface area contributed by atoms with Crippen LogP contribution in [-0.2, 0) is 22.6 Å². The van der Waals surface area contributed by atoms with Crippen LogP contribution in [-0.4, -0.2) is 37.0 Å². The fourth-order valence-corrected chi connectivity index (χ4v) is 3.76. The van der Waals surface area contributed by atoms with E-state index < -0.39 is 21.9 Å². The Balaban J connectivity index is 2.21. The fraction of sp³-hybridized carbons (Fsp3) is 0.211. The molecule has 11 heteroatoms. The molecular weight excluding hydrogens is 423 g/mol. The minimum absolute atomic E-state index is 0.0507. The van der Waals surface area contributed by atoms with Crippen LogP contribution in [0.3, 0.4) is 0 Å². The lowest BCUT2D eigenvalue weighted by Crippen LogP contribution is -2.16. The summed E-state index contributed by atoms with van der Waals surface area (Å²) in [6.07, 6.45) is -4.73. The average Bonchev–Trinajstić information content (AvgIpc) is 3.13. The Bertz CT molecular complexity index is 1160. The highest BCUT2D eigenvalue weighted by Crippen LogP contribution is 2.34. The lowest BCUT2D eigenvalue weighted by atomic mass is 10.1. The summed E-state index contributed by atoms with van der Waals surface area (Å²) in [5.74, 6) is 0.531. The lowest BCUT2D eigenvalue weighted by Gasteiger charge is -2.12. The molecule has 3 rings (SSSR count). The van der Waals surface area contributed by atoms with Crippen molar-refractivity contribution >= 4 is 10.0 Å². The topological polar surface area (TPSA) is 107 Å². The first-order chi connectivity index (χ1) is 14.0. The zero-order chi connectivity index (χ0) is 22.1. The van der Waals surface area contributed by atoms with Crippen LogP contribution in [0.25, 0.3) is 16.9 Å². The molecule has 0 bridgehead atoms. The Morgan fingerprint density at radius 1 is 1.13 bits per heavy atom. The Labute approximate surface area is 170 Å². The summed E-state index contributed by atoms with van der Waals surface area (Å²) < 4.78 is 69.7. The molecule has 0 aliphatic heterocycles. The Kier molecular flexibility index (Phi) is 5.88. The van der Waals surface area contributed by atoms with Gasteiger partial charge in [0.15, 0.2) is 5.69 Å². The summed E-state index contributed by atoms with van der Waals surface area (Å²) >= 11 is 0. The minimum atomic E-state index is -4.68. The highest BCUT2D eigenvalue weighted by Gasteiger charge is 2.35. The van der Waals surface area contributed by atoms with Crippen LogP contribution in [0, 0.1) is 0 Å². The highest BCUT2D eigenvalue weighted by atomic mass is 32.2. The van der Waals surface area contributed by atoms with Gasteiger partial charge in [-0.1, -0.05) is 0 Å². The van der Waals surface area contributed by atoms with Gasteiger partial charge in [-0.2, -0.15) is 18.3 Å². The summed E-state index contributed by atoms with van der Waals surface area (Å²) in [5.41, 5.74) is -0.164. The fourth-order valence-electron chi connectivity index (χ4n) is 2.97. The van der Waals surface area contributed by atoms with Crippen LogP contribution < -0.4 is 9.88 Å². The summed E-state index contributed by atoms with van der Waals surface area (Å²) in [6, 6.07) is 11.1. The number of primary sulfonamides is 1. The summed E-state index contributed by atoms with van der Waals surface area (Å²) in [7, 11) is -2.61. The maximum absolute atomic E-state index is 13.3. The van der Waals surface area contributed by atoms with E-state index in [0.717, 1.165) is 10.7 Å². The molecule has 0 aliphatic rings. The quantitative estimate of drug-likeness (QED) is 0.612. The first kappa shape index (κ1) is 21.8. The second-order valence-corrected chi connectivity index (χ2v) is 7.89. The normalized spacial score (nSPS) is 12.2. The number of hydrogen-bond donors (Lipinski definition) is 2. The standard InChI is InChI=1S/C19H18F3N3O4S/c1-29-15-5-2-12(3-6-15)16-11-18(19(20,21)22)24-25(16)14-4-7-17(30(23,27)28)13(10-14)8-9-26/h2-7,10-11,26H,8-9H2,1H3,(H2,23,27,28). The van der Waals surface area contributed by atoms with E-state index >= 15 is 0 Å². The van der Waals surface area contributed by atoms with E-state index in [1.165, 1.54) is 25.3 Å². The molecule has 0 saturated carbocycles. The van der Waals surface area contributed by atoms with Crippen LogP contribution in [0.2, 0.25) is 0 Å². The largest absolute Gasteiger partial charge is 0.497 e. The van der Waals surface area contributed by atoms with Crippen molar-refractivity contribution in [2.45, 2.75) is 17.5 Å². The van der Waals surface area contributed by atoms with Gasteiger partial charge < -0.3 is 9.84 Å². The number of nitrogens with zero attached hydrogens (tertiary/aromatic N) is 2. The van der Waals surface area contributed by atoms with Crippen molar-refractivity contribution in [3.8, 4) is 22.7 Å². The summed E-state index contributed by atoms with van der Waals surface area (Å²) in [6.45, 7) is -0.371. The molecule has 0 spiro atoms. The van der Waals surface area contributed by atoms with Crippen LogP contribution in [0.1, 0.15) is 11.3 Å². The van der Waals surface area contributed by atoms with Gasteiger partial charge >= 0.3 is 6.18 Å².